The fraction of sp³-hybridized carbons (Fsp3) is 0.143. The van der Waals surface area contributed by atoms with Gasteiger partial charge in [-0.3, -0.25) is 14.4 Å². The van der Waals surface area contributed by atoms with Crippen molar-refractivity contribution in [3.05, 3.63) is 99.7 Å². The minimum atomic E-state index is -0.707. The lowest BCUT2D eigenvalue weighted by Gasteiger charge is -2.15. The number of halogens is 1. The summed E-state index contributed by atoms with van der Waals surface area (Å²) in [5.41, 5.74) is 3.90. The number of amides is 3. The van der Waals surface area contributed by atoms with Crippen LogP contribution in [0.3, 0.4) is 0 Å². The minimum absolute atomic E-state index is 0.118. The van der Waals surface area contributed by atoms with Gasteiger partial charge < -0.3 is 15.4 Å². The van der Waals surface area contributed by atoms with Crippen LogP contribution >= 0.6 is 11.6 Å². The summed E-state index contributed by atoms with van der Waals surface area (Å²) in [5, 5.41) is 5.47. The second kappa shape index (κ2) is 10.7. The predicted molar refractivity (Wildman–Crippen MR) is 142 cm³/mol. The molecule has 3 amide bonds. The fourth-order valence-corrected chi connectivity index (χ4v) is 4.05. The molecule has 0 aliphatic carbocycles. The third-order valence-corrected chi connectivity index (χ3v) is 6.04. The average Bonchev–Trinajstić information content (AvgIpc) is 3.09. The summed E-state index contributed by atoms with van der Waals surface area (Å²) in [7, 11) is 0. The zero-order valence-corrected chi connectivity index (χ0v) is 21.2. The molecule has 0 unspecified atom stereocenters. The molecule has 2 N–H and O–H groups in total. The molecule has 0 saturated heterocycles. The van der Waals surface area contributed by atoms with Gasteiger partial charge in [0.1, 0.15) is 10.7 Å². The van der Waals surface area contributed by atoms with Crippen molar-refractivity contribution in [3.63, 3.8) is 0 Å². The van der Waals surface area contributed by atoms with Crippen molar-refractivity contribution in [1.29, 1.82) is 0 Å². The molecular weight excluding hydrogens is 494 g/mol. The van der Waals surface area contributed by atoms with E-state index in [9.17, 15) is 19.2 Å². The van der Waals surface area contributed by atoms with Crippen LogP contribution in [-0.2, 0) is 14.3 Å². The normalized spacial score (nSPS) is 13.1. The third-order valence-electron chi connectivity index (χ3n) is 5.69. The van der Waals surface area contributed by atoms with Crippen molar-refractivity contribution in [2.24, 2.45) is 0 Å². The number of ether oxygens (including phenoxy) is 1. The Labute approximate surface area is 218 Å². The number of rotatable bonds is 7. The lowest BCUT2D eigenvalue weighted by Crippen LogP contribution is -2.32. The van der Waals surface area contributed by atoms with Crippen molar-refractivity contribution < 1.29 is 23.9 Å². The highest BCUT2D eigenvalue weighted by Gasteiger charge is 2.39. The Bertz CT molecular complexity index is 1450. The summed E-state index contributed by atoms with van der Waals surface area (Å²) in [4.78, 5) is 51.5. The van der Waals surface area contributed by atoms with Crippen molar-refractivity contribution in [3.8, 4) is 0 Å². The van der Waals surface area contributed by atoms with E-state index in [-0.39, 0.29) is 34.5 Å². The summed E-state index contributed by atoms with van der Waals surface area (Å²) in [6.07, 6.45) is 0. The summed E-state index contributed by atoms with van der Waals surface area (Å²) in [5.74, 6) is -2.20. The van der Waals surface area contributed by atoms with Gasteiger partial charge in [0.05, 0.1) is 17.9 Å². The van der Waals surface area contributed by atoms with E-state index >= 15 is 0 Å². The van der Waals surface area contributed by atoms with Crippen LogP contribution in [-0.4, -0.2) is 30.3 Å². The van der Waals surface area contributed by atoms with Crippen LogP contribution in [0.1, 0.15) is 38.8 Å². The first-order valence-corrected chi connectivity index (χ1v) is 11.9. The van der Waals surface area contributed by atoms with E-state index in [1.54, 1.807) is 31.2 Å². The highest BCUT2D eigenvalue weighted by molar-refractivity contribution is 6.53. The molecule has 4 rings (SSSR count). The van der Waals surface area contributed by atoms with Gasteiger partial charge in [-0.05, 0) is 74.9 Å². The molecule has 3 aromatic carbocycles. The van der Waals surface area contributed by atoms with Gasteiger partial charge >= 0.3 is 5.97 Å². The zero-order valence-electron chi connectivity index (χ0n) is 20.4. The van der Waals surface area contributed by atoms with E-state index in [0.29, 0.717) is 16.9 Å². The number of carbonyl (C=O) groups is 4. The van der Waals surface area contributed by atoms with Crippen LogP contribution in [0.25, 0.3) is 0 Å². The Kier molecular flexibility index (Phi) is 7.40. The number of imide groups is 1. The minimum Gasteiger partial charge on any atom is -0.462 e. The van der Waals surface area contributed by atoms with E-state index in [1.807, 2.05) is 32.0 Å². The second-order valence-corrected chi connectivity index (χ2v) is 8.76. The largest absolute Gasteiger partial charge is 0.462 e. The van der Waals surface area contributed by atoms with Gasteiger partial charge in [-0.1, -0.05) is 35.4 Å². The second-order valence-electron chi connectivity index (χ2n) is 8.38. The van der Waals surface area contributed by atoms with E-state index in [1.165, 1.54) is 24.3 Å². The number of hydrogen-bond donors (Lipinski definition) is 2. The Morgan fingerprint density at radius 2 is 1.65 bits per heavy atom. The molecule has 37 heavy (non-hydrogen) atoms. The Morgan fingerprint density at radius 3 is 2.32 bits per heavy atom. The first kappa shape index (κ1) is 25.7. The van der Waals surface area contributed by atoms with Gasteiger partial charge in [0.25, 0.3) is 17.7 Å². The first-order chi connectivity index (χ1) is 17.7. The lowest BCUT2D eigenvalue weighted by molar-refractivity contribution is -0.120. The molecule has 0 radical (unpaired) electrons. The molecule has 1 aliphatic heterocycles. The molecule has 1 heterocycles. The molecule has 3 aromatic rings. The maximum Gasteiger partial charge on any atom is 0.338 e. The van der Waals surface area contributed by atoms with E-state index in [2.05, 4.69) is 10.6 Å². The molecule has 0 bridgehead atoms. The van der Waals surface area contributed by atoms with Crippen LogP contribution in [0.4, 0.5) is 17.1 Å². The quantitative estimate of drug-likeness (QED) is 0.331. The smallest absolute Gasteiger partial charge is 0.338 e. The molecule has 8 nitrogen and oxygen atoms in total. The van der Waals surface area contributed by atoms with Crippen LogP contribution < -0.4 is 15.5 Å². The van der Waals surface area contributed by atoms with Crippen molar-refractivity contribution in [2.45, 2.75) is 20.8 Å². The van der Waals surface area contributed by atoms with Gasteiger partial charge in [-0.25, -0.2) is 9.69 Å². The van der Waals surface area contributed by atoms with E-state index in [0.717, 1.165) is 16.0 Å². The Hall–Kier alpha value is -4.43. The molecule has 0 spiro atoms. The molecule has 188 valence electrons. The summed E-state index contributed by atoms with van der Waals surface area (Å²) in [6.45, 7) is 5.81. The highest BCUT2D eigenvalue weighted by atomic mass is 35.5. The number of benzene rings is 3. The topological polar surface area (TPSA) is 105 Å². The van der Waals surface area contributed by atoms with Gasteiger partial charge in [0, 0.05) is 16.9 Å². The number of anilines is 3. The van der Waals surface area contributed by atoms with E-state index in [4.69, 9.17) is 16.3 Å². The Morgan fingerprint density at radius 1 is 0.919 bits per heavy atom. The molecule has 0 saturated carbocycles. The standard InChI is InChI=1S/C28H24ClN3O5/c1-4-37-28(36)18-9-11-21(12-10-18)32-26(34)23(29)24(27(32)35)30-20-7-5-6-19(15-20)25(33)31-22-13-8-16(2)14-17(22)3/h5-15,30H,4H2,1-3H3,(H,31,33). The average molecular weight is 518 g/mol. The number of esters is 1. The van der Waals surface area contributed by atoms with Gasteiger partial charge in [-0.15, -0.1) is 0 Å². The monoisotopic (exact) mass is 517 g/mol. The van der Waals surface area contributed by atoms with Crippen molar-refractivity contribution >= 4 is 52.4 Å². The van der Waals surface area contributed by atoms with Crippen molar-refractivity contribution in [2.75, 3.05) is 22.1 Å². The summed E-state index contributed by atoms with van der Waals surface area (Å²) >= 11 is 6.23. The highest BCUT2D eigenvalue weighted by Crippen LogP contribution is 2.30. The predicted octanol–water partition coefficient (Wildman–Crippen LogP) is 5.17. The Balaban J connectivity index is 1.51. The zero-order chi connectivity index (χ0) is 26.7. The number of nitrogens with one attached hydrogen (secondary N) is 2. The molecular formula is C28H24ClN3O5. The summed E-state index contributed by atoms with van der Waals surface area (Å²) in [6, 6.07) is 18.1. The van der Waals surface area contributed by atoms with Crippen molar-refractivity contribution in [1.82, 2.24) is 0 Å². The molecule has 1 aliphatic rings. The molecule has 9 heteroatoms. The van der Waals surface area contributed by atoms with Crippen LogP contribution in [0.15, 0.2) is 77.5 Å². The fourth-order valence-electron chi connectivity index (χ4n) is 3.84. The number of aryl methyl sites for hydroxylation is 2. The first-order valence-electron chi connectivity index (χ1n) is 11.5. The number of hydrogen-bond acceptors (Lipinski definition) is 6. The third kappa shape index (κ3) is 5.39. The van der Waals surface area contributed by atoms with Crippen LogP contribution in [0.5, 0.6) is 0 Å². The van der Waals surface area contributed by atoms with Gasteiger partial charge in [-0.2, -0.15) is 0 Å². The van der Waals surface area contributed by atoms with Crippen LogP contribution in [0.2, 0.25) is 0 Å². The summed E-state index contributed by atoms with van der Waals surface area (Å²) < 4.78 is 4.95. The van der Waals surface area contributed by atoms with Crippen LogP contribution in [0, 0.1) is 13.8 Å². The van der Waals surface area contributed by atoms with E-state index < -0.39 is 17.8 Å². The lowest BCUT2D eigenvalue weighted by atomic mass is 10.1. The molecule has 0 fully saturated rings. The number of nitrogens with zero attached hydrogens (tertiary/aromatic N) is 1. The maximum atomic E-state index is 13.1. The van der Waals surface area contributed by atoms with Gasteiger partial charge in [0.2, 0.25) is 0 Å². The number of carbonyl (C=O) groups excluding carboxylic acids is 4. The molecule has 0 atom stereocenters. The molecule has 0 aromatic heterocycles. The van der Waals surface area contributed by atoms with Gasteiger partial charge in [0.15, 0.2) is 0 Å². The SMILES string of the molecule is CCOC(=O)c1ccc(N2C(=O)C(Cl)=C(Nc3cccc(C(=O)Nc4ccc(C)cc4C)c3)C2=O)cc1. The maximum absolute atomic E-state index is 13.1.